The molecule has 94 valence electrons. The van der Waals surface area contributed by atoms with Crippen LogP contribution >= 0.6 is 0 Å². The van der Waals surface area contributed by atoms with Crippen LogP contribution in [0.25, 0.3) is 0 Å². The highest BCUT2D eigenvalue weighted by Crippen LogP contribution is 2.29. The van der Waals surface area contributed by atoms with Crippen LogP contribution in [0.3, 0.4) is 0 Å². The summed E-state index contributed by atoms with van der Waals surface area (Å²) in [6.07, 6.45) is 11.0. The molecule has 0 heterocycles. The topological polar surface area (TPSA) is 35.2 Å². The van der Waals surface area contributed by atoms with E-state index < -0.39 is 0 Å². The first kappa shape index (κ1) is 12.4. The van der Waals surface area contributed by atoms with Crippen LogP contribution in [0.2, 0.25) is 0 Å². The summed E-state index contributed by atoms with van der Waals surface area (Å²) in [5.74, 6) is 1.50. The maximum atomic E-state index is 6.07. The van der Waals surface area contributed by atoms with E-state index in [9.17, 15) is 0 Å². The average molecular weight is 225 g/mol. The van der Waals surface area contributed by atoms with Crippen LogP contribution < -0.4 is 5.73 Å². The molecule has 2 fully saturated rings. The minimum atomic E-state index is 0.451. The normalized spacial score (nSPS) is 40.1. The molecule has 0 amide bonds. The van der Waals surface area contributed by atoms with Gasteiger partial charge in [0.25, 0.3) is 0 Å². The third kappa shape index (κ3) is 3.21. The fraction of sp³-hybridized carbons (Fsp3) is 1.00. The smallest absolute Gasteiger partial charge is 0.0600 e. The molecule has 2 aliphatic rings. The van der Waals surface area contributed by atoms with E-state index in [0.717, 1.165) is 18.4 Å². The van der Waals surface area contributed by atoms with Crippen molar-refractivity contribution in [3.05, 3.63) is 0 Å². The van der Waals surface area contributed by atoms with Crippen LogP contribution in [0.4, 0.5) is 0 Å². The van der Waals surface area contributed by atoms with Crippen LogP contribution in [0, 0.1) is 11.8 Å². The molecule has 2 saturated carbocycles. The Labute approximate surface area is 99.9 Å². The fourth-order valence-corrected chi connectivity index (χ4v) is 3.32. The molecule has 4 atom stereocenters. The average Bonchev–Trinajstić information content (AvgIpc) is 2.67. The molecule has 0 aromatic heterocycles. The van der Waals surface area contributed by atoms with Crippen LogP contribution in [0.5, 0.6) is 0 Å². The monoisotopic (exact) mass is 225 g/mol. The molecule has 0 aromatic carbocycles. The van der Waals surface area contributed by atoms with Crippen molar-refractivity contribution < 1.29 is 4.74 Å². The molecule has 2 aliphatic carbocycles. The molecule has 16 heavy (non-hydrogen) atoms. The van der Waals surface area contributed by atoms with Gasteiger partial charge in [-0.3, -0.25) is 0 Å². The Balaban J connectivity index is 1.63. The van der Waals surface area contributed by atoms with Gasteiger partial charge in [-0.15, -0.1) is 0 Å². The molecule has 0 saturated heterocycles. The van der Waals surface area contributed by atoms with E-state index >= 15 is 0 Å². The second kappa shape index (κ2) is 6.02. The molecular weight excluding hydrogens is 198 g/mol. The van der Waals surface area contributed by atoms with Gasteiger partial charge in [-0.1, -0.05) is 26.2 Å². The van der Waals surface area contributed by atoms with Gasteiger partial charge in [0.1, 0.15) is 0 Å². The second-order valence-corrected chi connectivity index (χ2v) is 5.81. The van der Waals surface area contributed by atoms with Gasteiger partial charge in [-0.05, 0) is 43.9 Å². The molecule has 2 N–H and O–H groups in total. The molecule has 0 radical (unpaired) electrons. The Morgan fingerprint density at radius 1 is 1.06 bits per heavy atom. The lowest BCUT2D eigenvalue weighted by Gasteiger charge is -2.29. The molecule has 2 heteroatoms. The van der Waals surface area contributed by atoms with Crippen molar-refractivity contribution in [1.29, 1.82) is 0 Å². The molecular formula is C14H27NO. The second-order valence-electron chi connectivity index (χ2n) is 5.81. The van der Waals surface area contributed by atoms with Gasteiger partial charge >= 0.3 is 0 Å². The van der Waals surface area contributed by atoms with Crippen LogP contribution in [-0.2, 0) is 4.74 Å². The largest absolute Gasteiger partial charge is 0.378 e. The number of hydrogen-bond acceptors (Lipinski definition) is 2. The highest BCUT2D eigenvalue weighted by atomic mass is 16.5. The summed E-state index contributed by atoms with van der Waals surface area (Å²) in [7, 11) is 0. The van der Waals surface area contributed by atoms with Crippen LogP contribution in [0.15, 0.2) is 0 Å². The molecule has 0 spiro atoms. The van der Waals surface area contributed by atoms with Gasteiger partial charge in [0.15, 0.2) is 0 Å². The number of ether oxygens (including phenoxy) is 1. The standard InChI is InChI=1S/C14H27NO/c1-11-5-2-3-8-14(11)16-10-9-12-6-4-7-13(12)15/h11-14H,2-10,15H2,1H3. The zero-order valence-corrected chi connectivity index (χ0v) is 10.7. The minimum absolute atomic E-state index is 0.451. The summed E-state index contributed by atoms with van der Waals surface area (Å²) in [6.45, 7) is 3.28. The van der Waals surface area contributed by atoms with Crippen molar-refractivity contribution >= 4 is 0 Å². The first-order chi connectivity index (χ1) is 7.77. The highest BCUT2D eigenvalue weighted by molar-refractivity contribution is 4.80. The van der Waals surface area contributed by atoms with E-state index in [1.807, 2.05) is 0 Å². The Bertz CT molecular complexity index is 207. The number of nitrogens with two attached hydrogens (primary N) is 1. The third-order valence-electron chi connectivity index (χ3n) is 4.57. The first-order valence-electron chi connectivity index (χ1n) is 7.14. The van der Waals surface area contributed by atoms with Gasteiger partial charge in [0.05, 0.1) is 6.10 Å². The molecule has 4 unspecified atom stereocenters. The predicted octanol–water partition coefficient (Wildman–Crippen LogP) is 3.10. The highest BCUT2D eigenvalue weighted by Gasteiger charge is 2.25. The van der Waals surface area contributed by atoms with E-state index in [2.05, 4.69) is 6.92 Å². The van der Waals surface area contributed by atoms with Gasteiger partial charge in [-0.25, -0.2) is 0 Å². The molecule has 0 aliphatic heterocycles. The Morgan fingerprint density at radius 2 is 1.88 bits per heavy atom. The summed E-state index contributed by atoms with van der Waals surface area (Å²) in [4.78, 5) is 0. The van der Waals surface area contributed by atoms with Crippen molar-refractivity contribution in [2.75, 3.05) is 6.61 Å². The van der Waals surface area contributed by atoms with Gasteiger partial charge in [0, 0.05) is 12.6 Å². The lowest BCUT2D eigenvalue weighted by atomic mass is 9.88. The minimum Gasteiger partial charge on any atom is -0.378 e. The van der Waals surface area contributed by atoms with E-state index in [4.69, 9.17) is 10.5 Å². The maximum Gasteiger partial charge on any atom is 0.0600 e. The Kier molecular flexibility index (Phi) is 4.66. The van der Waals surface area contributed by atoms with Crippen molar-refractivity contribution in [3.63, 3.8) is 0 Å². The van der Waals surface area contributed by atoms with E-state index in [1.165, 1.54) is 51.4 Å². The zero-order chi connectivity index (χ0) is 11.4. The maximum absolute atomic E-state index is 6.07. The van der Waals surface area contributed by atoms with Gasteiger partial charge in [0.2, 0.25) is 0 Å². The quantitative estimate of drug-likeness (QED) is 0.798. The molecule has 0 aromatic rings. The van der Waals surface area contributed by atoms with Crippen molar-refractivity contribution in [1.82, 2.24) is 0 Å². The number of hydrogen-bond donors (Lipinski definition) is 1. The molecule has 2 rings (SSSR count). The predicted molar refractivity (Wildman–Crippen MR) is 67.3 cm³/mol. The van der Waals surface area contributed by atoms with Crippen LogP contribution in [0.1, 0.15) is 58.3 Å². The van der Waals surface area contributed by atoms with E-state index in [0.29, 0.717) is 12.1 Å². The first-order valence-corrected chi connectivity index (χ1v) is 7.14. The third-order valence-corrected chi connectivity index (χ3v) is 4.57. The summed E-state index contributed by atoms with van der Waals surface area (Å²) < 4.78 is 6.05. The number of rotatable bonds is 4. The van der Waals surface area contributed by atoms with Crippen molar-refractivity contribution in [2.45, 2.75) is 70.4 Å². The Morgan fingerprint density at radius 3 is 2.56 bits per heavy atom. The van der Waals surface area contributed by atoms with E-state index in [-0.39, 0.29) is 0 Å². The van der Waals surface area contributed by atoms with Crippen molar-refractivity contribution in [3.8, 4) is 0 Å². The Hall–Kier alpha value is -0.0800. The SMILES string of the molecule is CC1CCCCC1OCCC1CCCC1N. The zero-order valence-electron chi connectivity index (χ0n) is 10.7. The van der Waals surface area contributed by atoms with Crippen LogP contribution in [-0.4, -0.2) is 18.8 Å². The summed E-state index contributed by atoms with van der Waals surface area (Å²) in [5, 5.41) is 0. The lowest BCUT2D eigenvalue weighted by molar-refractivity contribution is -0.0108. The van der Waals surface area contributed by atoms with Gasteiger partial charge in [-0.2, -0.15) is 0 Å². The van der Waals surface area contributed by atoms with Crippen molar-refractivity contribution in [2.24, 2.45) is 17.6 Å². The molecule has 0 bridgehead atoms. The van der Waals surface area contributed by atoms with Gasteiger partial charge < -0.3 is 10.5 Å². The fourth-order valence-electron chi connectivity index (χ4n) is 3.32. The van der Waals surface area contributed by atoms with E-state index in [1.54, 1.807) is 0 Å². The molecule has 2 nitrogen and oxygen atoms in total. The summed E-state index contributed by atoms with van der Waals surface area (Å²) >= 11 is 0. The summed E-state index contributed by atoms with van der Waals surface area (Å²) in [5.41, 5.74) is 6.07. The lowest BCUT2D eigenvalue weighted by Crippen LogP contribution is -2.29. The summed E-state index contributed by atoms with van der Waals surface area (Å²) in [6, 6.07) is 0.451.